The molecule has 4 heterocycles. The van der Waals surface area contributed by atoms with Gasteiger partial charge in [0.2, 0.25) is 0 Å². The third-order valence-corrected chi connectivity index (χ3v) is 12.0. The van der Waals surface area contributed by atoms with Gasteiger partial charge in [-0.25, -0.2) is 15.0 Å². The minimum atomic E-state index is 0.638. The van der Waals surface area contributed by atoms with Crippen molar-refractivity contribution in [3.63, 3.8) is 0 Å². The molecule has 0 saturated heterocycles. The van der Waals surface area contributed by atoms with Crippen LogP contribution in [0.15, 0.2) is 188 Å². The van der Waals surface area contributed by atoms with Crippen LogP contribution >= 0.6 is 0 Å². The number of hydrogen-bond donors (Lipinski definition) is 0. The molecular weight excluding hydrogens is 707 g/mol. The van der Waals surface area contributed by atoms with Crippen LogP contribution in [0.4, 0.5) is 0 Å². The number of benzene rings is 9. The van der Waals surface area contributed by atoms with E-state index in [9.17, 15) is 0 Å². The summed E-state index contributed by atoms with van der Waals surface area (Å²) in [6, 6.07) is 67.5. The fraction of sp³-hybridized carbons (Fsp3) is 0. The molecule has 0 amide bonds. The molecule has 0 saturated carbocycles. The van der Waals surface area contributed by atoms with Crippen molar-refractivity contribution in [3.05, 3.63) is 188 Å². The molecular formula is C53H31N5. The first-order valence-electron chi connectivity index (χ1n) is 19.7. The van der Waals surface area contributed by atoms with E-state index in [0.29, 0.717) is 17.5 Å². The molecule has 0 fully saturated rings. The molecule has 268 valence electrons. The van der Waals surface area contributed by atoms with Crippen molar-refractivity contribution in [2.45, 2.75) is 0 Å². The summed E-state index contributed by atoms with van der Waals surface area (Å²) in [7, 11) is 0. The molecule has 0 aliphatic heterocycles. The fourth-order valence-electron chi connectivity index (χ4n) is 9.49. The Morgan fingerprint density at radius 3 is 1.55 bits per heavy atom. The van der Waals surface area contributed by atoms with Gasteiger partial charge in [-0.1, -0.05) is 140 Å². The first-order chi connectivity index (χ1) is 28.8. The smallest absolute Gasteiger partial charge is 0.164 e. The molecule has 0 aliphatic carbocycles. The Kier molecular flexibility index (Phi) is 6.38. The normalized spacial score (nSPS) is 12.1. The molecule has 0 aliphatic rings. The number of fused-ring (bicyclic) bond motifs is 13. The average Bonchev–Trinajstić information content (AvgIpc) is 3.82. The van der Waals surface area contributed by atoms with Crippen LogP contribution in [0.3, 0.4) is 0 Å². The Morgan fingerprint density at radius 1 is 0.276 bits per heavy atom. The van der Waals surface area contributed by atoms with Crippen LogP contribution < -0.4 is 0 Å². The van der Waals surface area contributed by atoms with Crippen LogP contribution in [0.25, 0.3) is 121 Å². The van der Waals surface area contributed by atoms with Crippen LogP contribution in [0, 0.1) is 0 Å². The molecule has 5 heteroatoms. The predicted molar refractivity (Wildman–Crippen MR) is 241 cm³/mol. The average molecular weight is 738 g/mol. The molecule has 0 atom stereocenters. The molecule has 13 rings (SSSR count). The first kappa shape index (κ1) is 31.3. The van der Waals surface area contributed by atoms with Crippen molar-refractivity contribution in [3.8, 4) is 34.2 Å². The zero-order valence-electron chi connectivity index (χ0n) is 31.1. The maximum atomic E-state index is 5.15. The van der Waals surface area contributed by atoms with Crippen LogP contribution in [0.1, 0.15) is 0 Å². The van der Waals surface area contributed by atoms with E-state index in [2.05, 4.69) is 160 Å². The maximum Gasteiger partial charge on any atom is 0.164 e. The molecule has 0 radical (unpaired) electrons. The first-order valence-corrected chi connectivity index (χ1v) is 19.7. The third kappa shape index (κ3) is 4.38. The van der Waals surface area contributed by atoms with Gasteiger partial charge in [-0.2, -0.15) is 0 Å². The molecule has 4 aromatic heterocycles. The third-order valence-electron chi connectivity index (χ3n) is 12.0. The Hall–Kier alpha value is -7.89. The second-order valence-corrected chi connectivity index (χ2v) is 15.2. The lowest BCUT2D eigenvalue weighted by Gasteiger charge is -2.13. The molecule has 0 unspecified atom stereocenters. The summed E-state index contributed by atoms with van der Waals surface area (Å²) in [4.78, 5) is 15.3. The summed E-state index contributed by atoms with van der Waals surface area (Å²) >= 11 is 0. The van der Waals surface area contributed by atoms with E-state index in [0.717, 1.165) is 33.1 Å². The van der Waals surface area contributed by atoms with Gasteiger partial charge < -0.3 is 8.80 Å². The summed E-state index contributed by atoms with van der Waals surface area (Å²) in [5, 5.41) is 12.1. The van der Waals surface area contributed by atoms with Crippen molar-refractivity contribution < 1.29 is 0 Å². The van der Waals surface area contributed by atoms with Gasteiger partial charge in [0.15, 0.2) is 17.5 Å². The van der Waals surface area contributed by atoms with E-state index >= 15 is 0 Å². The van der Waals surface area contributed by atoms with Gasteiger partial charge in [0.1, 0.15) is 0 Å². The molecule has 5 nitrogen and oxygen atoms in total. The standard InChI is InChI=1S/C53H31N5/c1-3-14-32(15-4-1)51-54-52(33-16-5-2-6-17-33)56-53(55-51)37-26-27-45-43(30-37)48-38-21-10-9-20-36(38)29-42-41-28-34-18-7-8-19-35(34)31-47(41)58-44-24-12-11-22-39(44)40-23-13-25-46(49(40)58)57(45)50(42)48/h1-31H. The quantitative estimate of drug-likeness (QED) is 0.181. The van der Waals surface area contributed by atoms with Crippen LogP contribution in [-0.2, 0) is 0 Å². The zero-order chi connectivity index (χ0) is 37.9. The van der Waals surface area contributed by atoms with Crippen molar-refractivity contribution in [1.29, 1.82) is 0 Å². The number of aromatic nitrogens is 5. The van der Waals surface area contributed by atoms with Gasteiger partial charge in [-0.3, -0.25) is 0 Å². The lowest BCUT2D eigenvalue weighted by molar-refractivity contribution is 1.07. The SMILES string of the molecule is c1ccc(-c2nc(-c3ccccc3)nc(-c3ccc4c(c3)c3c5ccccc5cc5c6cc7ccccc7cc6n6c7ccccc7c7cccc(c76)n4c53)n2)cc1. The number of nitrogens with zero attached hydrogens (tertiary/aromatic N) is 5. The second kappa shape index (κ2) is 11.8. The monoisotopic (exact) mass is 737 g/mol. The van der Waals surface area contributed by atoms with Crippen molar-refractivity contribution >= 4 is 87.0 Å². The highest BCUT2D eigenvalue weighted by Crippen LogP contribution is 2.44. The minimum Gasteiger partial charge on any atom is -0.307 e. The summed E-state index contributed by atoms with van der Waals surface area (Å²) in [5.74, 6) is 1.93. The molecule has 0 N–H and O–H groups in total. The van der Waals surface area contributed by atoms with Gasteiger partial charge in [0.05, 0.1) is 33.1 Å². The van der Waals surface area contributed by atoms with Crippen LogP contribution in [-0.4, -0.2) is 23.8 Å². The Bertz CT molecular complexity index is 3790. The van der Waals surface area contributed by atoms with Crippen LogP contribution in [0.2, 0.25) is 0 Å². The van der Waals surface area contributed by atoms with Crippen molar-refractivity contribution in [1.82, 2.24) is 23.8 Å². The summed E-state index contributed by atoms with van der Waals surface area (Å²) in [6.45, 7) is 0. The molecule has 0 bridgehead atoms. The van der Waals surface area contributed by atoms with Crippen LogP contribution in [0.5, 0.6) is 0 Å². The van der Waals surface area contributed by atoms with E-state index in [1.165, 1.54) is 70.5 Å². The van der Waals surface area contributed by atoms with Gasteiger partial charge in [-0.15, -0.1) is 0 Å². The minimum absolute atomic E-state index is 0.638. The fourth-order valence-corrected chi connectivity index (χ4v) is 9.49. The molecule has 58 heavy (non-hydrogen) atoms. The Morgan fingerprint density at radius 2 is 0.810 bits per heavy atom. The highest BCUT2D eigenvalue weighted by atomic mass is 15.0. The van der Waals surface area contributed by atoms with Gasteiger partial charge in [0, 0.05) is 49.0 Å². The Balaban J connectivity index is 1.25. The summed E-state index contributed by atoms with van der Waals surface area (Å²) in [5.41, 5.74) is 9.87. The summed E-state index contributed by atoms with van der Waals surface area (Å²) in [6.07, 6.45) is 0. The van der Waals surface area contributed by atoms with E-state index in [1.807, 2.05) is 36.4 Å². The lowest BCUT2D eigenvalue weighted by atomic mass is 9.97. The lowest BCUT2D eigenvalue weighted by Crippen LogP contribution is -2.00. The maximum absolute atomic E-state index is 5.15. The van der Waals surface area contributed by atoms with Crippen molar-refractivity contribution in [2.24, 2.45) is 0 Å². The highest BCUT2D eigenvalue weighted by Gasteiger charge is 2.22. The predicted octanol–water partition coefficient (Wildman–Crippen LogP) is 13.5. The molecule has 0 spiro atoms. The number of rotatable bonds is 3. The molecule has 13 aromatic rings. The highest BCUT2D eigenvalue weighted by molar-refractivity contribution is 6.31. The van der Waals surface area contributed by atoms with Gasteiger partial charge in [-0.05, 0) is 70.1 Å². The largest absolute Gasteiger partial charge is 0.307 e. The number of hydrogen-bond acceptors (Lipinski definition) is 3. The van der Waals surface area contributed by atoms with E-state index in [-0.39, 0.29) is 0 Å². The topological polar surface area (TPSA) is 47.5 Å². The number of para-hydroxylation sites is 2. The Labute approximate surface area is 331 Å². The van der Waals surface area contributed by atoms with E-state index in [1.54, 1.807) is 0 Å². The zero-order valence-corrected chi connectivity index (χ0v) is 31.1. The van der Waals surface area contributed by atoms with Gasteiger partial charge >= 0.3 is 0 Å². The van der Waals surface area contributed by atoms with E-state index in [4.69, 9.17) is 15.0 Å². The van der Waals surface area contributed by atoms with Gasteiger partial charge in [0.25, 0.3) is 0 Å². The molecule has 9 aromatic carbocycles. The van der Waals surface area contributed by atoms with E-state index < -0.39 is 0 Å². The van der Waals surface area contributed by atoms with Crippen molar-refractivity contribution in [2.75, 3.05) is 0 Å². The second-order valence-electron chi connectivity index (χ2n) is 15.2. The summed E-state index contributed by atoms with van der Waals surface area (Å²) < 4.78 is 5.03.